The van der Waals surface area contributed by atoms with Gasteiger partial charge in [0.1, 0.15) is 5.60 Å². The first kappa shape index (κ1) is 13.8. The molecule has 2 aromatic heterocycles. The molecule has 0 atom stereocenters. The topological polar surface area (TPSA) is 66.1 Å². The fourth-order valence-electron chi connectivity index (χ4n) is 1.66. The van der Waals surface area contributed by atoms with E-state index in [2.05, 4.69) is 20.9 Å². The van der Waals surface area contributed by atoms with E-state index in [1.807, 2.05) is 0 Å². The predicted molar refractivity (Wildman–Crippen MR) is 74.3 cm³/mol. The molecule has 2 rings (SSSR count). The molecule has 0 unspecified atom stereocenters. The second-order valence-electron chi connectivity index (χ2n) is 5.15. The number of hydrogen-bond acceptors (Lipinski definition) is 4. The Kier molecular flexibility index (Phi) is 3.25. The van der Waals surface area contributed by atoms with E-state index < -0.39 is 17.4 Å². The smallest absolute Gasteiger partial charge is 0.424 e. The maximum atomic E-state index is 12.1. The van der Waals surface area contributed by atoms with Crippen molar-refractivity contribution in [3.63, 3.8) is 0 Å². The van der Waals surface area contributed by atoms with Crippen LogP contribution in [0.5, 0.6) is 0 Å². The summed E-state index contributed by atoms with van der Waals surface area (Å²) >= 11 is 3.28. The van der Waals surface area contributed by atoms with Crippen LogP contribution in [0.15, 0.2) is 21.5 Å². The second kappa shape index (κ2) is 4.48. The first-order valence-electron chi connectivity index (χ1n) is 5.67. The molecule has 0 bridgehead atoms. The Balaban J connectivity index is 2.64. The van der Waals surface area contributed by atoms with Crippen molar-refractivity contribution in [1.82, 2.24) is 14.1 Å². The average Bonchev–Trinajstić information content (AvgIpc) is 2.50. The number of rotatable bonds is 0. The van der Waals surface area contributed by atoms with Gasteiger partial charge in [-0.15, -0.1) is 0 Å². The number of carbonyl (C=O) groups excluding carboxylic acids is 1. The van der Waals surface area contributed by atoms with Gasteiger partial charge in [0.25, 0.3) is 0 Å². The van der Waals surface area contributed by atoms with E-state index in [-0.39, 0.29) is 5.65 Å². The van der Waals surface area contributed by atoms with Gasteiger partial charge >= 0.3 is 11.8 Å². The predicted octanol–water partition coefficient (Wildman–Crippen LogP) is 2.28. The molecule has 0 N–H and O–H groups in total. The molecule has 0 amide bonds. The molecule has 2 heterocycles. The lowest BCUT2D eigenvalue weighted by molar-refractivity contribution is 0.0536. The van der Waals surface area contributed by atoms with Crippen LogP contribution in [0, 0.1) is 0 Å². The molecule has 0 spiro atoms. The molecule has 0 fully saturated rings. The van der Waals surface area contributed by atoms with Crippen molar-refractivity contribution in [3.05, 3.63) is 27.2 Å². The first-order valence-corrected chi connectivity index (χ1v) is 6.46. The van der Waals surface area contributed by atoms with Crippen molar-refractivity contribution in [2.45, 2.75) is 26.4 Å². The third-order valence-corrected chi connectivity index (χ3v) is 2.87. The summed E-state index contributed by atoms with van der Waals surface area (Å²) in [6.45, 7) is 5.22. The number of fused-ring (bicyclic) bond motifs is 1. The number of nitrogens with zero attached hydrogens (tertiary/aromatic N) is 3. The second-order valence-corrected chi connectivity index (χ2v) is 6.07. The minimum absolute atomic E-state index is 0.282. The highest BCUT2D eigenvalue weighted by Crippen LogP contribution is 2.17. The zero-order valence-corrected chi connectivity index (χ0v) is 12.7. The van der Waals surface area contributed by atoms with Crippen LogP contribution < -0.4 is 5.69 Å². The highest BCUT2D eigenvalue weighted by atomic mass is 79.9. The lowest BCUT2D eigenvalue weighted by Crippen LogP contribution is -2.34. The number of imidazole rings is 1. The number of pyridine rings is 1. The van der Waals surface area contributed by atoms with Gasteiger partial charge in [0.05, 0.1) is 5.52 Å². The van der Waals surface area contributed by atoms with E-state index in [0.717, 1.165) is 9.04 Å². The minimum atomic E-state index is -0.724. The summed E-state index contributed by atoms with van der Waals surface area (Å²) in [5.74, 6) is 0. The molecule has 2 aromatic rings. The first-order chi connectivity index (χ1) is 8.70. The molecule has 102 valence electrons. The zero-order chi connectivity index (χ0) is 14.4. The standard InChI is InChI=1S/C12H14BrN3O3/c1-12(2,3)19-11(18)16-9-8(15(4)10(16)17)5-7(13)6-14-9/h5-6H,1-4H3. The summed E-state index contributed by atoms with van der Waals surface area (Å²) < 4.78 is 8.24. The van der Waals surface area contributed by atoms with Crippen LogP contribution in [-0.2, 0) is 11.8 Å². The Hall–Kier alpha value is -1.63. The number of aryl methyl sites for hydroxylation is 1. The molecule has 0 aliphatic carbocycles. The van der Waals surface area contributed by atoms with Crippen molar-refractivity contribution in [3.8, 4) is 0 Å². The van der Waals surface area contributed by atoms with E-state index in [9.17, 15) is 9.59 Å². The molecule has 0 aliphatic heterocycles. The SMILES string of the molecule is Cn1c(=O)n(C(=O)OC(C)(C)C)c2ncc(Br)cc21. The zero-order valence-electron chi connectivity index (χ0n) is 11.1. The summed E-state index contributed by atoms with van der Waals surface area (Å²) in [5, 5.41) is 0. The van der Waals surface area contributed by atoms with Gasteiger partial charge in [-0.25, -0.2) is 14.6 Å². The third kappa shape index (κ3) is 2.56. The molecule has 0 saturated carbocycles. The van der Waals surface area contributed by atoms with E-state index in [1.165, 1.54) is 10.8 Å². The van der Waals surface area contributed by atoms with Crippen molar-refractivity contribution in [2.24, 2.45) is 7.05 Å². The fourth-order valence-corrected chi connectivity index (χ4v) is 1.98. The molecule has 0 aliphatic rings. The largest absolute Gasteiger partial charge is 0.443 e. The van der Waals surface area contributed by atoms with Gasteiger partial charge in [0.15, 0.2) is 5.65 Å². The van der Waals surface area contributed by atoms with Crippen LogP contribution in [0.4, 0.5) is 4.79 Å². The normalized spacial score (nSPS) is 11.8. The average molecular weight is 328 g/mol. The van der Waals surface area contributed by atoms with E-state index in [0.29, 0.717) is 5.52 Å². The number of hydrogen-bond donors (Lipinski definition) is 0. The Bertz CT molecular complexity index is 709. The van der Waals surface area contributed by atoms with Crippen molar-refractivity contribution >= 4 is 33.2 Å². The van der Waals surface area contributed by atoms with Crippen LogP contribution in [-0.4, -0.2) is 25.8 Å². The Morgan fingerprint density at radius 3 is 2.63 bits per heavy atom. The quantitative estimate of drug-likeness (QED) is 0.744. The number of carbonyl (C=O) groups is 1. The van der Waals surface area contributed by atoms with Gasteiger partial charge in [-0.05, 0) is 42.8 Å². The lowest BCUT2D eigenvalue weighted by Gasteiger charge is -2.18. The highest BCUT2D eigenvalue weighted by molar-refractivity contribution is 9.10. The van der Waals surface area contributed by atoms with E-state index >= 15 is 0 Å². The van der Waals surface area contributed by atoms with Crippen LogP contribution in [0.2, 0.25) is 0 Å². The van der Waals surface area contributed by atoms with Crippen molar-refractivity contribution in [2.75, 3.05) is 0 Å². The molecule has 19 heavy (non-hydrogen) atoms. The number of ether oxygens (including phenoxy) is 1. The summed E-state index contributed by atoms with van der Waals surface area (Å²) in [7, 11) is 1.58. The maximum absolute atomic E-state index is 12.1. The van der Waals surface area contributed by atoms with Crippen LogP contribution in [0.3, 0.4) is 0 Å². The lowest BCUT2D eigenvalue weighted by atomic mass is 10.2. The van der Waals surface area contributed by atoms with E-state index in [4.69, 9.17) is 4.74 Å². The third-order valence-electron chi connectivity index (χ3n) is 2.44. The Morgan fingerprint density at radius 2 is 2.05 bits per heavy atom. The molecular formula is C12H14BrN3O3. The van der Waals surface area contributed by atoms with Gasteiger partial charge < -0.3 is 4.74 Å². The van der Waals surface area contributed by atoms with Crippen molar-refractivity contribution in [1.29, 1.82) is 0 Å². The summed E-state index contributed by atoms with van der Waals surface area (Å²) in [6.07, 6.45) is 0.806. The van der Waals surface area contributed by atoms with Gasteiger partial charge in [0.2, 0.25) is 0 Å². The van der Waals surface area contributed by atoms with Gasteiger partial charge in [-0.1, -0.05) is 0 Å². The highest BCUT2D eigenvalue weighted by Gasteiger charge is 2.23. The van der Waals surface area contributed by atoms with Gasteiger partial charge in [0, 0.05) is 17.7 Å². The molecular weight excluding hydrogens is 314 g/mol. The molecule has 0 aromatic carbocycles. The monoisotopic (exact) mass is 327 g/mol. The van der Waals surface area contributed by atoms with Gasteiger partial charge in [-0.3, -0.25) is 4.57 Å². The molecule has 7 heteroatoms. The number of aromatic nitrogens is 3. The van der Waals surface area contributed by atoms with Crippen LogP contribution >= 0.6 is 15.9 Å². The molecule has 0 saturated heterocycles. The van der Waals surface area contributed by atoms with Gasteiger partial charge in [-0.2, -0.15) is 4.57 Å². The Morgan fingerprint density at radius 1 is 1.42 bits per heavy atom. The molecule has 6 nitrogen and oxygen atoms in total. The van der Waals surface area contributed by atoms with Crippen LogP contribution in [0.25, 0.3) is 11.2 Å². The summed E-state index contributed by atoms with van der Waals surface area (Å²) in [6, 6.07) is 1.73. The summed E-state index contributed by atoms with van der Waals surface area (Å²) in [5.41, 5.74) is -0.307. The Labute approximate surface area is 118 Å². The fraction of sp³-hybridized carbons (Fsp3) is 0.417. The minimum Gasteiger partial charge on any atom is -0.443 e. The number of halogens is 1. The van der Waals surface area contributed by atoms with Crippen molar-refractivity contribution < 1.29 is 9.53 Å². The van der Waals surface area contributed by atoms with E-state index in [1.54, 1.807) is 33.9 Å². The summed E-state index contributed by atoms with van der Waals surface area (Å²) in [4.78, 5) is 28.3. The van der Waals surface area contributed by atoms with Crippen LogP contribution in [0.1, 0.15) is 20.8 Å². The molecule has 0 radical (unpaired) electrons. The maximum Gasteiger partial charge on any atom is 0.424 e.